The molecule has 2 rings (SSSR count). The molecule has 2 atom stereocenters. The van der Waals surface area contributed by atoms with Crippen molar-refractivity contribution in [2.75, 3.05) is 7.11 Å². The van der Waals surface area contributed by atoms with Gasteiger partial charge in [-0.3, -0.25) is 0 Å². The van der Waals surface area contributed by atoms with Crippen LogP contribution in [0.5, 0.6) is 5.75 Å². The van der Waals surface area contributed by atoms with Gasteiger partial charge in [-0.1, -0.05) is 0 Å². The second-order valence-corrected chi connectivity index (χ2v) is 5.49. The van der Waals surface area contributed by atoms with Crippen molar-refractivity contribution >= 4 is 5.97 Å². The van der Waals surface area contributed by atoms with Crippen molar-refractivity contribution < 1.29 is 24.1 Å². The zero-order chi connectivity index (χ0) is 15.4. The molecule has 1 aliphatic heterocycles. The first kappa shape index (κ1) is 15.8. The van der Waals surface area contributed by atoms with E-state index in [2.05, 4.69) is 0 Å². The highest BCUT2D eigenvalue weighted by molar-refractivity contribution is 5.88. The summed E-state index contributed by atoms with van der Waals surface area (Å²) in [7, 11) is 1.57. The van der Waals surface area contributed by atoms with Crippen molar-refractivity contribution in [1.29, 1.82) is 0 Å². The van der Waals surface area contributed by atoms with E-state index in [9.17, 15) is 4.79 Å². The topological polar surface area (TPSA) is 65.0 Å². The summed E-state index contributed by atoms with van der Waals surface area (Å²) in [5.41, 5.74) is 0.993. The van der Waals surface area contributed by atoms with E-state index in [0.29, 0.717) is 12.4 Å². The minimum Gasteiger partial charge on any atom is -0.496 e. The van der Waals surface area contributed by atoms with Gasteiger partial charge in [-0.15, -0.1) is 0 Å². The number of methoxy groups -OCH3 is 1. The highest BCUT2D eigenvalue weighted by atomic mass is 16.5. The molecule has 0 aromatic heterocycles. The Labute approximate surface area is 124 Å². The minimum absolute atomic E-state index is 0.127. The zero-order valence-corrected chi connectivity index (χ0v) is 12.7. The molecule has 0 radical (unpaired) electrons. The van der Waals surface area contributed by atoms with Crippen LogP contribution in [0.15, 0.2) is 18.2 Å². The van der Waals surface area contributed by atoms with Crippen molar-refractivity contribution in [3.8, 4) is 5.75 Å². The third kappa shape index (κ3) is 4.19. The van der Waals surface area contributed by atoms with Gasteiger partial charge < -0.3 is 19.3 Å². The first-order valence-electron chi connectivity index (χ1n) is 7.17. The lowest BCUT2D eigenvalue weighted by atomic mass is 10.0. The summed E-state index contributed by atoms with van der Waals surface area (Å²) < 4.78 is 16.9. The van der Waals surface area contributed by atoms with Crippen molar-refractivity contribution in [2.24, 2.45) is 0 Å². The third-order valence-corrected chi connectivity index (χ3v) is 3.66. The Hall–Kier alpha value is -1.59. The molecule has 0 saturated carbocycles. The molecule has 0 aliphatic carbocycles. The molecular weight excluding hydrogens is 272 g/mol. The largest absolute Gasteiger partial charge is 0.496 e. The molecule has 1 aromatic carbocycles. The molecule has 116 valence electrons. The Morgan fingerprint density at radius 1 is 1.33 bits per heavy atom. The van der Waals surface area contributed by atoms with Crippen LogP contribution in [-0.4, -0.2) is 36.5 Å². The van der Waals surface area contributed by atoms with Gasteiger partial charge in [-0.05, 0) is 44.9 Å². The fourth-order valence-corrected chi connectivity index (χ4v) is 2.71. The molecule has 2 unspecified atom stereocenters. The molecule has 5 heteroatoms. The predicted octanol–water partition coefficient (Wildman–Crippen LogP) is 2.87. The van der Waals surface area contributed by atoms with E-state index in [0.717, 1.165) is 18.4 Å². The Bertz CT molecular complexity index is 489. The van der Waals surface area contributed by atoms with Crippen LogP contribution < -0.4 is 4.74 Å². The monoisotopic (exact) mass is 294 g/mol. The highest BCUT2D eigenvalue weighted by Crippen LogP contribution is 2.25. The molecule has 5 nitrogen and oxygen atoms in total. The maximum Gasteiger partial charge on any atom is 0.335 e. The van der Waals surface area contributed by atoms with Gasteiger partial charge in [0, 0.05) is 5.56 Å². The van der Waals surface area contributed by atoms with Gasteiger partial charge in [-0.25, -0.2) is 4.79 Å². The molecule has 0 spiro atoms. The Kier molecular flexibility index (Phi) is 5.20. The summed E-state index contributed by atoms with van der Waals surface area (Å²) >= 11 is 0. The molecule has 1 heterocycles. The van der Waals surface area contributed by atoms with Crippen molar-refractivity contribution in [3.63, 3.8) is 0 Å². The van der Waals surface area contributed by atoms with Gasteiger partial charge in [0.2, 0.25) is 0 Å². The quantitative estimate of drug-likeness (QED) is 0.904. The van der Waals surface area contributed by atoms with Crippen molar-refractivity contribution in [3.05, 3.63) is 29.3 Å². The smallest absolute Gasteiger partial charge is 0.335 e. The first-order chi connectivity index (χ1) is 9.99. The summed E-state index contributed by atoms with van der Waals surface area (Å²) in [6.07, 6.45) is 2.20. The van der Waals surface area contributed by atoms with E-state index in [1.165, 1.54) is 6.07 Å². The maximum atomic E-state index is 11.0. The molecular formula is C16H22O5. The average Bonchev–Trinajstić information content (AvgIpc) is 2.43. The summed E-state index contributed by atoms with van der Waals surface area (Å²) in [6.45, 7) is 4.42. The number of benzene rings is 1. The van der Waals surface area contributed by atoms with Crippen LogP contribution in [0.3, 0.4) is 0 Å². The van der Waals surface area contributed by atoms with E-state index in [1.807, 2.05) is 13.8 Å². The van der Waals surface area contributed by atoms with Crippen LogP contribution in [0, 0.1) is 0 Å². The number of carboxylic acid groups (broad SMARTS) is 1. The van der Waals surface area contributed by atoms with Crippen LogP contribution in [0.25, 0.3) is 0 Å². The number of ether oxygens (including phenoxy) is 3. The third-order valence-electron chi connectivity index (χ3n) is 3.66. The summed E-state index contributed by atoms with van der Waals surface area (Å²) in [6, 6.07) is 4.80. The highest BCUT2D eigenvalue weighted by Gasteiger charge is 2.25. The Balaban J connectivity index is 2.04. The lowest BCUT2D eigenvalue weighted by Gasteiger charge is -2.32. The molecule has 1 fully saturated rings. The molecule has 0 bridgehead atoms. The van der Waals surface area contributed by atoms with Crippen molar-refractivity contribution in [1.82, 2.24) is 0 Å². The van der Waals surface area contributed by atoms with Gasteiger partial charge in [-0.2, -0.15) is 0 Å². The van der Waals surface area contributed by atoms with Gasteiger partial charge in [0.25, 0.3) is 0 Å². The molecule has 1 N–H and O–H groups in total. The lowest BCUT2D eigenvalue weighted by Crippen LogP contribution is -2.34. The minimum atomic E-state index is -0.952. The molecule has 0 amide bonds. The van der Waals surface area contributed by atoms with Crippen LogP contribution in [0.1, 0.15) is 42.6 Å². The summed E-state index contributed by atoms with van der Waals surface area (Å²) in [4.78, 5) is 11.0. The molecule has 21 heavy (non-hydrogen) atoms. The molecule has 1 aromatic rings. The lowest BCUT2D eigenvalue weighted by molar-refractivity contribution is -0.106. The molecule has 1 saturated heterocycles. The first-order valence-corrected chi connectivity index (χ1v) is 7.17. The van der Waals surface area contributed by atoms with Crippen LogP contribution in [0.4, 0.5) is 0 Å². The Morgan fingerprint density at radius 2 is 2.00 bits per heavy atom. The number of hydrogen-bond acceptors (Lipinski definition) is 4. The van der Waals surface area contributed by atoms with Crippen LogP contribution >= 0.6 is 0 Å². The van der Waals surface area contributed by atoms with E-state index in [1.54, 1.807) is 19.2 Å². The second kappa shape index (κ2) is 6.91. The van der Waals surface area contributed by atoms with E-state index in [4.69, 9.17) is 19.3 Å². The summed E-state index contributed by atoms with van der Waals surface area (Å²) in [5, 5.41) is 9.06. The van der Waals surface area contributed by atoms with E-state index < -0.39 is 5.97 Å². The number of rotatable bonds is 5. The normalized spacial score (nSPS) is 25.6. The van der Waals surface area contributed by atoms with E-state index in [-0.39, 0.29) is 23.9 Å². The zero-order valence-electron chi connectivity index (χ0n) is 12.7. The van der Waals surface area contributed by atoms with Gasteiger partial charge in [0.15, 0.2) is 0 Å². The van der Waals surface area contributed by atoms with Crippen LogP contribution in [-0.2, 0) is 16.1 Å². The fraction of sp³-hybridized carbons (Fsp3) is 0.562. The maximum absolute atomic E-state index is 11.0. The van der Waals surface area contributed by atoms with Gasteiger partial charge in [0.05, 0.1) is 37.6 Å². The SMILES string of the molecule is COc1ccc(C(=O)O)cc1COC1CC(C)OC(C)C1. The second-order valence-electron chi connectivity index (χ2n) is 5.49. The fourth-order valence-electron chi connectivity index (χ4n) is 2.71. The van der Waals surface area contributed by atoms with E-state index >= 15 is 0 Å². The van der Waals surface area contributed by atoms with Crippen molar-refractivity contribution in [2.45, 2.75) is 51.6 Å². The average molecular weight is 294 g/mol. The van der Waals surface area contributed by atoms with Crippen LogP contribution in [0.2, 0.25) is 0 Å². The number of carboxylic acids is 1. The Morgan fingerprint density at radius 3 is 2.57 bits per heavy atom. The van der Waals surface area contributed by atoms with Gasteiger partial charge >= 0.3 is 5.97 Å². The molecule has 1 aliphatic rings. The number of aromatic carboxylic acids is 1. The standard InChI is InChI=1S/C16H22O5/c1-10-6-14(7-11(2)21-10)20-9-13-8-12(16(17)18)4-5-15(13)19-3/h4-5,8,10-11,14H,6-7,9H2,1-3H3,(H,17,18). The number of carbonyl (C=O) groups is 1. The van der Waals surface area contributed by atoms with Gasteiger partial charge in [0.1, 0.15) is 5.75 Å². The number of hydrogen-bond donors (Lipinski definition) is 1. The predicted molar refractivity (Wildman–Crippen MR) is 77.8 cm³/mol. The summed E-state index contributed by atoms with van der Waals surface area (Å²) in [5.74, 6) is -0.305.